The van der Waals surface area contributed by atoms with Crippen molar-refractivity contribution in [1.82, 2.24) is 4.98 Å². The minimum absolute atomic E-state index is 0.412. The van der Waals surface area contributed by atoms with Crippen LogP contribution in [0.15, 0.2) is 24.4 Å². The van der Waals surface area contributed by atoms with E-state index < -0.39 is 5.97 Å². The third-order valence-corrected chi connectivity index (χ3v) is 3.50. The van der Waals surface area contributed by atoms with Crippen LogP contribution in [0, 0.1) is 6.92 Å². The van der Waals surface area contributed by atoms with Gasteiger partial charge in [-0.2, -0.15) is 0 Å². The van der Waals surface area contributed by atoms with Crippen molar-refractivity contribution >= 4 is 28.7 Å². The fourth-order valence-electron chi connectivity index (χ4n) is 1.69. The van der Waals surface area contributed by atoms with Gasteiger partial charge in [-0.3, -0.25) is 0 Å². The number of hydrogen-bond acceptors (Lipinski definition) is 6. The minimum atomic E-state index is -0.412. The zero-order valence-electron chi connectivity index (χ0n) is 10.8. The van der Waals surface area contributed by atoms with Crippen LogP contribution >= 0.6 is 11.3 Å². The molecule has 100 valence electrons. The second kappa shape index (κ2) is 5.71. The summed E-state index contributed by atoms with van der Waals surface area (Å²) in [5.74, 6) is -0.412. The largest absolute Gasteiger partial charge is 0.465 e. The SMILES string of the molecule is COC(=O)c1cccc(N)c1NCc1ncc(C)s1. The second-order valence-corrected chi connectivity index (χ2v) is 5.30. The van der Waals surface area contributed by atoms with Gasteiger partial charge in [0, 0.05) is 11.1 Å². The minimum Gasteiger partial charge on any atom is -0.465 e. The number of methoxy groups -OCH3 is 1. The number of aromatic nitrogens is 1. The molecule has 0 aliphatic rings. The van der Waals surface area contributed by atoms with E-state index in [1.54, 1.807) is 29.5 Å². The Morgan fingerprint density at radius 2 is 2.32 bits per heavy atom. The van der Waals surface area contributed by atoms with Crippen molar-refractivity contribution in [3.05, 3.63) is 39.8 Å². The summed E-state index contributed by atoms with van der Waals surface area (Å²) in [7, 11) is 1.35. The Labute approximate surface area is 115 Å². The summed E-state index contributed by atoms with van der Waals surface area (Å²) in [6.07, 6.45) is 1.82. The monoisotopic (exact) mass is 277 g/mol. The van der Waals surface area contributed by atoms with E-state index in [1.165, 1.54) is 7.11 Å². The second-order valence-electron chi connectivity index (χ2n) is 3.98. The number of para-hydroxylation sites is 1. The van der Waals surface area contributed by atoms with E-state index in [0.717, 1.165) is 9.88 Å². The van der Waals surface area contributed by atoms with Gasteiger partial charge in [-0.05, 0) is 19.1 Å². The Morgan fingerprint density at radius 3 is 2.95 bits per heavy atom. The molecule has 0 aliphatic carbocycles. The fourth-order valence-corrected chi connectivity index (χ4v) is 2.42. The lowest BCUT2D eigenvalue weighted by atomic mass is 10.1. The van der Waals surface area contributed by atoms with Crippen molar-refractivity contribution in [3.8, 4) is 0 Å². The molecule has 0 amide bonds. The van der Waals surface area contributed by atoms with Crippen LogP contribution in [-0.2, 0) is 11.3 Å². The molecule has 1 heterocycles. The first kappa shape index (κ1) is 13.4. The molecule has 0 bridgehead atoms. The molecule has 0 unspecified atom stereocenters. The number of thiazole rings is 1. The average molecular weight is 277 g/mol. The molecule has 3 N–H and O–H groups in total. The Kier molecular flexibility index (Phi) is 4.01. The molecule has 0 saturated carbocycles. The third kappa shape index (κ3) is 3.03. The quantitative estimate of drug-likeness (QED) is 0.663. The molecule has 2 rings (SSSR count). The topological polar surface area (TPSA) is 77.2 Å². The number of nitrogens with zero attached hydrogens (tertiary/aromatic N) is 1. The number of anilines is 2. The molecule has 5 nitrogen and oxygen atoms in total. The maximum atomic E-state index is 11.7. The van der Waals surface area contributed by atoms with Gasteiger partial charge in [0.1, 0.15) is 5.01 Å². The zero-order chi connectivity index (χ0) is 13.8. The lowest BCUT2D eigenvalue weighted by Crippen LogP contribution is -2.10. The molecular formula is C13H15N3O2S. The Hall–Kier alpha value is -2.08. The molecule has 0 fully saturated rings. The number of aryl methyl sites for hydroxylation is 1. The van der Waals surface area contributed by atoms with Gasteiger partial charge in [-0.1, -0.05) is 6.07 Å². The maximum Gasteiger partial charge on any atom is 0.340 e. The highest BCUT2D eigenvalue weighted by atomic mass is 32.1. The van der Waals surface area contributed by atoms with Crippen LogP contribution in [0.3, 0.4) is 0 Å². The van der Waals surface area contributed by atoms with Gasteiger partial charge in [-0.15, -0.1) is 11.3 Å². The number of hydrogen-bond donors (Lipinski definition) is 2. The van der Waals surface area contributed by atoms with Crippen molar-refractivity contribution in [2.75, 3.05) is 18.2 Å². The van der Waals surface area contributed by atoms with Gasteiger partial charge in [0.25, 0.3) is 0 Å². The molecule has 0 spiro atoms. The Bertz CT molecular complexity index is 595. The molecular weight excluding hydrogens is 262 g/mol. The zero-order valence-corrected chi connectivity index (χ0v) is 11.6. The van der Waals surface area contributed by atoms with E-state index in [9.17, 15) is 4.79 Å². The van der Waals surface area contributed by atoms with Gasteiger partial charge in [0.15, 0.2) is 0 Å². The van der Waals surface area contributed by atoms with Crippen LogP contribution < -0.4 is 11.1 Å². The van der Waals surface area contributed by atoms with Gasteiger partial charge < -0.3 is 15.8 Å². The highest BCUT2D eigenvalue weighted by molar-refractivity contribution is 7.11. The first-order valence-corrected chi connectivity index (χ1v) is 6.55. The normalized spacial score (nSPS) is 10.2. The number of nitrogens with two attached hydrogens (primary N) is 1. The predicted octanol–water partition coefficient (Wildman–Crippen LogP) is 2.43. The average Bonchev–Trinajstić information content (AvgIpc) is 2.82. The van der Waals surface area contributed by atoms with Crippen LogP contribution in [-0.4, -0.2) is 18.1 Å². The van der Waals surface area contributed by atoms with Crippen molar-refractivity contribution < 1.29 is 9.53 Å². The number of esters is 1. The smallest absolute Gasteiger partial charge is 0.340 e. The highest BCUT2D eigenvalue weighted by Gasteiger charge is 2.14. The van der Waals surface area contributed by atoms with E-state index in [1.807, 2.05) is 13.1 Å². The molecule has 0 saturated heterocycles. The third-order valence-electron chi connectivity index (χ3n) is 2.59. The first-order valence-electron chi connectivity index (χ1n) is 5.74. The van der Waals surface area contributed by atoms with Crippen LogP contribution in [0.1, 0.15) is 20.2 Å². The van der Waals surface area contributed by atoms with Crippen LogP contribution in [0.4, 0.5) is 11.4 Å². The van der Waals surface area contributed by atoms with Crippen LogP contribution in [0.25, 0.3) is 0 Å². The predicted molar refractivity (Wildman–Crippen MR) is 76.4 cm³/mol. The van der Waals surface area contributed by atoms with Crippen molar-refractivity contribution in [3.63, 3.8) is 0 Å². The summed E-state index contributed by atoms with van der Waals surface area (Å²) in [5.41, 5.74) is 7.42. The van der Waals surface area contributed by atoms with Gasteiger partial charge in [0.2, 0.25) is 0 Å². The molecule has 6 heteroatoms. The standard InChI is InChI=1S/C13H15N3O2S/c1-8-6-15-11(19-8)7-16-12-9(13(17)18-2)4-3-5-10(12)14/h3-6,16H,7,14H2,1-2H3. The van der Waals surface area contributed by atoms with Crippen LogP contribution in [0.5, 0.6) is 0 Å². The number of carbonyl (C=O) groups excluding carboxylic acids is 1. The van der Waals surface area contributed by atoms with E-state index >= 15 is 0 Å². The summed E-state index contributed by atoms with van der Waals surface area (Å²) in [4.78, 5) is 17.1. The Morgan fingerprint density at radius 1 is 1.53 bits per heavy atom. The molecule has 1 aromatic carbocycles. The number of benzene rings is 1. The van der Waals surface area contributed by atoms with E-state index in [-0.39, 0.29) is 0 Å². The van der Waals surface area contributed by atoms with Crippen LogP contribution in [0.2, 0.25) is 0 Å². The molecule has 0 radical (unpaired) electrons. The van der Waals surface area contributed by atoms with Crippen molar-refractivity contribution in [2.24, 2.45) is 0 Å². The lowest BCUT2D eigenvalue weighted by Gasteiger charge is -2.12. The van der Waals surface area contributed by atoms with Gasteiger partial charge in [-0.25, -0.2) is 9.78 Å². The highest BCUT2D eigenvalue weighted by Crippen LogP contribution is 2.25. The summed E-state index contributed by atoms with van der Waals surface area (Å²) < 4.78 is 4.74. The molecule has 2 aromatic rings. The van der Waals surface area contributed by atoms with Gasteiger partial charge >= 0.3 is 5.97 Å². The number of nitrogens with one attached hydrogen (secondary N) is 1. The van der Waals surface area contributed by atoms with E-state index in [2.05, 4.69) is 10.3 Å². The fraction of sp³-hybridized carbons (Fsp3) is 0.231. The number of rotatable bonds is 4. The first-order chi connectivity index (χ1) is 9.11. The number of ether oxygens (including phenoxy) is 1. The number of carbonyl (C=O) groups is 1. The number of nitrogen functional groups attached to an aromatic ring is 1. The molecule has 19 heavy (non-hydrogen) atoms. The summed E-state index contributed by atoms with van der Waals surface area (Å²) in [6, 6.07) is 5.14. The molecule has 0 aliphatic heterocycles. The summed E-state index contributed by atoms with van der Waals surface area (Å²) >= 11 is 1.60. The molecule has 0 atom stereocenters. The summed E-state index contributed by atoms with van der Waals surface area (Å²) in [5, 5.41) is 4.09. The van der Waals surface area contributed by atoms with E-state index in [0.29, 0.717) is 23.5 Å². The van der Waals surface area contributed by atoms with Crippen molar-refractivity contribution in [2.45, 2.75) is 13.5 Å². The maximum absolute atomic E-state index is 11.7. The van der Waals surface area contributed by atoms with Gasteiger partial charge in [0.05, 0.1) is 30.6 Å². The summed E-state index contributed by atoms with van der Waals surface area (Å²) in [6.45, 7) is 2.52. The lowest BCUT2D eigenvalue weighted by molar-refractivity contribution is 0.0602. The molecule has 1 aromatic heterocycles. The van der Waals surface area contributed by atoms with Crippen molar-refractivity contribution in [1.29, 1.82) is 0 Å². The van der Waals surface area contributed by atoms with E-state index in [4.69, 9.17) is 10.5 Å². The Balaban J connectivity index is 2.21.